The molecule has 1 fully saturated rings. The zero-order chi connectivity index (χ0) is 12.6. The monoisotopic (exact) mass is 240 g/mol. The van der Waals surface area contributed by atoms with Crippen LogP contribution in [-0.2, 0) is 6.42 Å². The van der Waals surface area contributed by atoms with Gasteiger partial charge < -0.3 is 5.11 Å². The summed E-state index contributed by atoms with van der Waals surface area (Å²) in [6.45, 7) is 4.21. The Morgan fingerprint density at radius 3 is 2.29 bits per heavy atom. The molecule has 0 radical (unpaired) electrons. The fourth-order valence-electron chi connectivity index (χ4n) is 2.56. The maximum absolute atomic E-state index is 13.4. The van der Waals surface area contributed by atoms with Crippen LogP contribution in [0.1, 0.15) is 32.3 Å². The molecule has 17 heavy (non-hydrogen) atoms. The third-order valence-corrected chi connectivity index (χ3v) is 3.79. The van der Waals surface area contributed by atoms with E-state index in [1.165, 1.54) is 18.2 Å². The summed E-state index contributed by atoms with van der Waals surface area (Å²) in [6, 6.07) is 3.82. The summed E-state index contributed by atoms with van der Waals surface area (Å²) in [4.78, 5) is 0. The SMILES string of the molecule is CC(C)C1CC(O)(Cc2c(F)cccc2F)C1. The molecule has 1 aromatic carbocycles. The molecule has 0 unspecified atom stereocenters. The van der Waals surface area contributed by atoms with Crippen LogP contribution in [0.2, 0.25) is 0 Å². The van der Waals surface area contributed by atoms with Gasteiger partial charge in [0.25, 0.3) is 0 Å². The zero-order valence-electron chi connectivity index (χ0n) is 10.2. The highest BCUT2D eigenvalue weighted by Gasteiger charge is 2.44. The lowest BCUT2D eigenvalue weighted by Gasteiger charge is -2.46. The molecule has 1 aliphatic rings. The summed E-state index contributed by atoms with van der Waals surface area (Å²) in [5.41, 5.74) is -0.907. The first-order valence-corrected chi connectivity index (χ1v) is 6.06. The Labute approximate surface area is 100 Å². The average Bonchev–Trinajstić information content (AvgIpc) is 2.19. The predicted molar refractivity (Wildman–Crippen MR) is 62.6 cm³/mol. The smallest absolute Gasteiger partial charge is 0.129 e. The predicted octanol–water partition coefficient (Wildman–Crippen LogP) is 3.30. The molecule has 0 saturated heterocycles. The first kappa shape index (κ1) is 12.5. The van der Waals surface area contributed by atoms with E-state index in [0.29, 0.717) is 24.7 Å². The molecule has 94 valence electrons. The molecule has 1 aliphatic carbocycles. The van der Waals surface area contributed by atoms with Gasteiger partial charge in [0.1, 0.15) is 11.6 Å². The van der Waals surface area contributed by atoms with Gasteiger partial charge in [0.2, 0.25) is 0 Å². The summed E-state index contributed by atoms with van der Waals surface area (Å²) in [7, 11) is 0. The van der Waals surface area contributed by atoms with E-state index in [1.54, 1.807) is 0 Å². The molecule has 0 amide bonds. The lowest BCUT2D eigenvalue weighted by atomic mass is 9.64. The van der Waals surface area contributed by atoms with E-state index >= 15 is 0 Å². The largest absolute Gasteiger partial charge is 0.390 e. The second-order valence-corrected chi connectivity index (χ2v) is 5.51. The molecule has 1 N–H and O–H groups in total. The first-order chi connectivity index (χ1) is 7.91. The normalized spacial score (nSPS) is 28.2. The van der Waals surface area contributed by atoms with Crippen LogP contribution in [0.25, 0.3) is 0 Å². The molecular formula is C14H18F2O. The number of aliphatic hydroxyl groups is 1. The molecule has 1 aromatic rings. The van der Waals surface area contributed by atoms with Gasteiger partial charge in [-0.25, -0.2) is 8.78 Å². The first-order valence-electron chi connectivity index (χ1n) is 6.06. The van der Waals surface area contributed by atoms with Crippen molar-refractivity contribution in [3.8, 4) is 0 Å². The Morgan fingerprint density at radius 2 is 1.82 bits per heavy atom. The number of rotatable bonds is 3. The van der Waals surface area contributed by atoms with Crippen molar-refractivity contribution >= 4 is 0 Å². The van der Waals surface area contributed by atoms with Crippen LogP contribution in [0.5, 0.6) is 0 Å². The number of hydrogen-bond acceptors (Lipinski definition) is 1. The van der Waals surface area contributed by atoms with Crippen molar-refractivity contribution in [2.75, 3.05) is 0 Å². The molecule has 1 nitrogen and oxygen atoms in total. The molecule has 3 heteroatoms. The van der Waals surface area contributed by atoms with Crippen molar-refractivity contribution in [1.29, 1.82) is 0 Å². The Balaban J connectivity index is 2.08. The lowest BCUT2D eigenvalue weighted by molar-refractivity contribution is -0.0869. The van der Waals surface area contributed by atoms with Crippen LogP contribution < -0.4 is 0 Å². The van der Waals surface area contributed by atoms with E-state index in [4.69, 9.17) is 0 Å². The molecule has 0 aliphatic heterocycles. The van der Waals surface area contributed by atoms with Gasteiger partial charge in [0, 0.05) is 12.0 Å². The quantitative estimate of drug-likeness (QED) is 0.859. The van der Waals surface area contributed by atoms with Crippen LogP contribution >= 0.6 is 0 Å². The maximum atomic E-state index is 13.4. The number of benzene rings is 1. The Kier molecular flexibility index (Phi) is 3.21. The molecular weight excluding hydrogens is 222 g/mol. The highest BCUT2D eigenvalue weighted by Crippen LogP contribution is 2.44. The molecule has 1 saturated carbocycles. The molecule has 0 atom stereocenters. The second-order valence-electron chi connectivity index (χ2n) is 5.51. The van der Waals surface area contributed by atoms with Gasteiger partial charge in [0.15, 0.2) is 0 Å². The molecule has 0 aromatic heterocycles. The zero-order valence-corrected chi connectivity index (χ0v) is 10.2. The van der Waals surface area contributed by atoms with Gasteiger partial charge in [-0.1, -0.05) is 19.9 Å². The standard InChI is InChI=1S/C14H18F2O/c1-9(2)10-6-14(17,7-10)8-11-12(15)4-3-5-13(11)16/h3-5,9-10,17H,6-8H2,1-2H3. The van der Waals surface area contributed by atoms with Crippen molar-refractivity contribution in [2.45, 2.75) is 38.7 Å². The number of hydrogen-bond donors (Lipinski definition) is 1. The van der Waals surface area contributed by atoms with Gasteiger partial charge in [-0.3, -0.25) is 0 Å². The van der Waals surface area contributed by atoms with Crippen LogP contribution in [0, 0.1) is 23.5 Å². The van der Waals surface area contributed by atoms with Gasteiger partial charge >= 0.3 is 0 Å². The maximum Gasteiger partial charge on any atom is 0.129 e. The summed E-state index contributed by atoms with van der Waals surface area (Å²) in [5.74, 6) is -0.145. The molecule has 0 bridgehead atoms. The van der Waals surface area contributed by atoms with E-state index in [-0.39, 0.29) is 12.0 Å². The Hall–Kier alpha value is -0.960. The molecule has 0 spiro atoms. The summed E-state index contributed by atoms with van der Waals surface area (Å²) < 4.78 is 26.9. The van der Waals surface area contributed by atoms with E-state index in [0.717, 1.165) is 0 Å². The van der Waals surface area contributed by atoms with Gasteiger partial charge in [-0.05, 0) is 36.8 Å². The van der Waals surface area contributed by atoms with Crippen LogP contribution in [0.3, 0.4) is 0 Å². The minimum atomic E-state index is -0.919. The second kappa shape index (κ2) is 4.37. The van der Waals surface area contributed by atoms with Gasteiger partial charge in [-0.2, -0.15) is 0 Å². The topological polar surface area (TPSA) is 20.2 Å². The Bertz CT molecular complexity index is 388. The Morgan fingerprint density at radius 1 is 1.29 bits per heavy atom. The summed E-state index contributed by atoms with van der Waals surface area (Å²) in [5, 5.41) is 10.2. The third-order valence-electron chi connectivity index (χ3n) is 3.79. The summed E-state index contributed by atoms with van der Waals surface area (Å²) in [6.07, 6.45) is 1.35. The summed E-state index contributed by atoms with van der Waals surface area (Å²) >= 11 is 0. The highest BCUT2D eigenvalue weighted by atomic mass is 19.1. The van der Waals surface area contributed by atoms with Gasteiger partial charge in [-0.15, -0.1) is 0 Å². The van der Waals surface area contributed by atoms with Gasteiger partial charge in [0.05, 0.1) is 5.60 Å². The van der Waals surface area contributed by atoms with Crippen LogP contribution in [0.4, 0.5) is 8.78 Å². The van der Waals surface area contributed by atoms with Crippen molar-refractivity contribution in [3.63, 3.8) is 0 Å². The number of halogens is 2. The minimum absolute atomic E-state index is 0.0113. The highest BCUT2D eigenvalue weighted by molar-refractivity contribution is 5.22. The van der Waals surface area contributed by atoms with E-state index in [9.17, 15) is 13.9 Å². The fraction of sp³-hybridized carbons (Fsp3) is 0.571. The fourth-order valence-corrected chi connectivity index (χ4v) is 2.56. The minimum Gasteiger partial charge on any atom is -0.390 e. The lowest BCUT2D eigenvalue weighted by Crippen LogP contribution is -2.47. The average molecular weight is 240 g/mol. The van der Waals surface area contributed by atoms with Crippen LogP contribution in [-0.4, -0.2) is 10.7 Å². The van der Waals surface area contributed by atoms with E-state index < -0.39 is 17.2 Å². The molecule has 2 rings (SSSR count). The van der Waals surface area contributed by atoms with Crippen molar-refractivity contribution in [1.82, 2.24) is 0 Å². The van der Waals surface area contributed by atoms with Crippen LogP contribution in [0.15, 0.2) is 18.2 Å². The van der Waals surface area contributed by atoms with Crippen molar-refractivity contribution < 1.29 is 13.9 Å². The van der Waals surface area contributed by atoms with E-state index in [2.05, 4.69) is 13.8 Å². The van der Waals surface area contributed by atoms with Crippen molar-refractivity contribution in [2.24, 2.45) is 11.8 Å². The van der Waals surface area contributed by atoms with E-state index in [1.807, 2.05) is 0 Å². The third kappa shape index (κ3) is 2.49. The molecule has 0 heterocycles. The van der Waals surface area contributed by atoms with Crippen molar-refractivity contribution in [3.05, 3.63) is 35.4 Å².